The van der Waals surface area contributed by atoms with E-state index in [4.69, 9.17) is 5.84 Å². The van der Waals surface area contributed by atoms with Gasteiger partial charge in [0.05, 0.1) is 0 Å². The minimum absolute atomic E-state index is 0.247. The fraction of sp³-hybridized carbons (Fsp3) is 0.444. The van der Waals surface area contributed by atoms with E-state index >= 15 is 0 Å². The van der Waals surface area contributed by atoms with E-state index in [2.05, 4.69) is 61.1 Å². The zero-order valence-electron chi connectivity index (χ0n) is 13.0. The largest absolute Gasteiger partial charge is 0.271 e. The third-order valence-corrected chi connectivity index (χ3v) is 4.63. The molecule has 0 bridgehead atoms. The predicted octanol–water partition coefficient (Wildman–Crippen LogP) is 4.47. The highest BCUT2D eigenvalue weighted by Gasteiger charge is 2.10. The lowest BCUT2D eigenvalue weighted by Gasteiger charge is -2.17. The van der Waals surface area contributed by atoms with Gasteiger partial charge in [-0.2, -0.15) is 0 Å². The van der Waals surface area contributed by atoms with Gasteiger partial charge in [0, 0.05) is 10.9 Å². The van der Waals surface area contributed by atoms with Gasteiger partial charge in [-0.1, -0.05) is 44.2 Å². The summed E-state index contributed by atoms with van der Waals surface area (Å²) in [7, 11) is 0. The molecule has 0 aliphatic carbocycles. The Morgan fingerprint density at radius 2 is 2.05 bits per heavy atom. The topological polar surface area (TPSA) is 38.0 Å². The Kier molecular flexibility index (Phi) is 6.43. The van der Waals surface area contributed by atoms with Crippen LogP contribution < -0.4 is 11.3 Å². The monoisotopic (exact) mass is 302 g/mol. The molecule has 0 saturated heterocycles. The van der Waals surface area contributed by atoms with Gasteiger partial charge < -0.3 is 0 Å². The van der Waals surface area contributed by atoms with Crippen LogP contribution in [0.5, 0.6) is 0 Å². The highest BCUT2D eigenvalue weighted by Crippen LogP contribution is 2.22. The van der Waals surface area contributed by atoms with E-state index in [1.54, 1.807) is 0 Å². The molecule has 1 atom stereocenters. The van der Waals surface area contributed by atoms with Crippen LogP contribution in [-0.4, -0.2) is 0 Å². The average Bonchev–Trinajstić information content (AvgIpc) is 2.96. The van der Waals surface area contributed by atoms with Gasteiger partial charge in [0.15, 0.2) is 0 Å². The lowest BCUT2D eigenvalue weighted by Crippen LogP contribution is -2.28. The predicted molar refractivity (Wildman–Crippen MR) is 92.3 cm³/mol. The van der Waals surface area contributed by atoms with Crippen LogP contribution in [-0.2, 0) is 12.8 Å². The Morgan fingerprint density at radius 1 is 1.19 bits per heavy atom. The summed E-state index contributed by atoms with van der Waals surface area (Å²) in [6.07, 6.45) is 4.49. The summed E-state index contributed by atoms with van der Waals surface area (Å²) in [5.41, 5.74) is 5.69. The van der Waals surface area contributed by atoms with E-state index in [-0.39, 0.29) is 6.04 Å². The van der Waals surface area contributed by atoms with E-state index in [9.17, 15) is 0 Å². The molecule has 1 unspecified atom stereocenters. The number of benzene rings is 1. The van der Waals surface area contributed by atoms with E-state index in [0.717, 1.165) is 25.7 Å². The lowest BCUT2D eigenvalue weighted by atomic mass is 9.96. The molecule has 3 heteroatoms. The first-order chi connectivity index (χ1) is 10.2. The fourth-order valence-corrected chi connectivity index (χ4v) is 3.44. The van der Waals surface area contributed by atoms with Crippen LogP contribution in [0.1, 0.15) is 48.7 Å². The van der Waals surface area contributed by atoms with Crippen LogP contribution in [0, 0.1) is 5.92 Å². The second kappa shape index (κ2) is 8.32. The summed E-state index contributed by atoms with van der Waals surface area (Å²) >= 11 is 1.84. The van der Waals surface area contributed by atoms with Gasteiger partial charge >= 0.3 is 0 Å². The molecule has 2 nitrogen and oxygen atoms in total. The van der Waals surface area contributed by atoms with E-state index < -0.39 is 0 Å². The number of thiophene rings is 1. The molecule has 0 aliphatic heterocycles. The number of aryl methyl sites for hydroxylation is 1. The molecule has 0 aliphatic rings. The molecule has 2 rings (SSSR count). The van der Waals surface area contributed by atoms with Gasteiger partial charge in [0.2, 0.25) is 0 Å². The smallest absolute Gasteiger partial charge is 0.0460 e. The van der Waals surface area contributed by atoms with Crippen LogP contribution in [0.2, 0.25) is 0 Å². The molecule has 0 saturated carbocycles. The molecule has 0 spiro atoms. The highest BCUT2D eigenvalue weighted by atomic mass is 32.1. The fourth-order valence-electron chi connectivity index (χ4n) is 2.69. The molecule has 21 heavy (non-hydrogen) atoms. The maximum absolute atomic E-state index is 5.77. The molecule has 114 valence electrons. The Bertz CT molecular complexity index is 520. The summed E-state index contributed by atoms with van der Waals surface area (Å²) < 4.78 is 0. The number of hydrogen-bond donors (Lipinski definition) is 2. The van der Waals surface area contributed by atoms with Crippen molar-refractivity contribution in [1.82, 2.24) is 5.43 Å². The standard InChI is InChI=1S/C18H26N2S/c1-14(2)12-15-6-3-7-16(13-15)18(20-19)10-4-8-17-9-5-11-21-17/h3,5-7,9,11,13-14,18,20H,4,8,10,12,19H2,1-2H3. The first-order valence-corrected chi connectivity index (χ1v) is 8.64. The minimum atomic E-state index is 0.247. The number of hydrogen-bond acceptors (Lipinski definition) is 3. The van der Waals surface area contributed by atoms with Crippen LogP contribution in [0.3, 0.4) is 0 Å². The Morgan fingerprint density at radius 3 is 2.71 bits per heavy atom. The van der Waals surface area contributed by atoms with Crippen molar-refractivity contribution in [2.45, 2.75) is 45.6 Å². The second-order valence-electron chi connectivity index (χ2n) is 6.03. The van der Waals surface area contributed by atoms with Crippen LogP contribution >= 0.6 is 11.3 Å². The quantitative estimate of drug-likeness (QED) is 0.557. The number of hydrazine groups is 1. The maximum Gasteiger partial charge on any atom is 0.0460 e. The van der Waals surface area contributed by atoms with E-state index in [1.807, 2.05) is 11.3 Å². The van der Waals surface area contributed by atoms with Gasteiger partial charge in [0.25, 0.3) is 0 Å². The number of rotatable bonds is 8. The van der Waals surface area contributed by atoms with Crippen LogP contribution in [0.15, 0.2) is 41.8 Å². The van der Waals surface area contributed by atoms with Crippen molar-refractivity contribution in [1.29, 1.82) is 0 Å². The summed E-state index contributed by atoms with van der Waals surface area (Å²) in [6, 6.07) is 13.4. The van der Waals surface area contributed by atoms with Crippen molar-refractivity contribution >= 4 is 11.3 Å². The Balaban J connectivity index is 1.93. The molecule has 1 aromatic carbocycles. The van der Waals surface area contributed by atoms with Crippen molar-refractivity contribution in [3.63, 3.8) is 0 Å². The van der Waals surface area contributed by atoms with Crippen molar-refractivity contribution in [3.05, 3.63) is 57.8 Å². The molecule has 0 amide bonds. The van der Waals surface area contributed by atoms with Crippen LogP contribution in [0.4, 0.5) is 0 Å². The molecule has 2 aromatic rings. The molecule has 1 heterocycles. The summed E-state index contributed by atoms with van der Waals surface area (Å²) in [6.45, 7) is 4.51. The first-order valence-electron chi connectivity index (χ1n) is 7.76. The molecule has 3 N–H and O–H groups in total. The van der Waals surface area contributed by atoms with Gasteiger partial charge in [-0.25, -0.2) is 0 Å². The normalized spacial score (nSPS) is 12.8. The summed E-state index contributed by atoms with van der Waals surface area (Å²) in [4.78, 5) is 1.46. The molecular formula is C18H26N2S. The SMILES string of the molecule is CC(C)Cc1cccc(C(CCCc2cccs2)NN)c1. The van der Waals surface area contributed by atoms with Crippen molar-refractivity contribution in [2.75, 3.05) is 0 Å². The zero-order valence-corrected chi connectivity index (χ0v) is 13.8. The Labute approximate surface area is 132 Å². The third-order valence-electron chi connectivity index (χ3n) is 3.69. The highest BCUT2D eigenvalue weighted by molar-refractivity contribution is 7.09. The van der Waals surface area contributed by atoms with Crippen molar-refractivity contribution in [2.24, 2.45) is 11.8 Å². The number of nitrogens with one attached hydrogen (secondary N) is 1. The maximum atomic E-state index is 5.77. The van der Waals surface area contributed by atoms with Gasteiger partial charge in [-0.3, -0.25) is 11.3 Å². The van der Waals surface area contributed by atoms with Gasteiger partial charge in [-0.15, -0.1) is 11.3 Å². The summed E-state index contributed by atoms with van der Waals surface area (Å²) in [5, 5.41) is 2.14. The molecule has 0 fully saturated rings. The second-order valence-corrected chi connectivity index (χ2v) is 7.07. The van der Waals surface area contributed by atoms with E-state index in [1.165, 1.54) is 16.0 Å². The average molecular weight is 302 g/mol. The number of nitrogens with two attached hydrogens (primary N) is 1. The van der Waals surface area contributed by atoms with Crippen molar-refractivity contribution < 1.29 is 0 Å². The summed E-state index contributed by atoms with van der Waals surface area (Å²) in [5.74, 6) is 6.45. The first kappa shape index (κ1) is 16.2. The molecule has 1 aromatic heterocycles. The van der Waals surface area contributed by atoms with Gasteiger partial charge in [-0.05, 0) is 54.2 Å². The minimum Gasteiger partial charge on any atom is -0.271 e. The molecular weight excluding hydrogens is 276 g/mol. The molecule has 0 radical (unpaired) electrons. The van der Waals surface area contributed by atoms with Gasteiger partial charge in [0.1, 0.15) is 0 Å². The third kappa shape index (κ3) is 5.27. The van der Waals surface area contributed by atoms with Crippen molar-refractivity contribution in [3.8, 4) is 0 Å². The van der Waals surface area contributed by atoms with E-state index in [0.29, 0.717) is 5.92 Å². The zero-order chi connectivity index (χ0) is 15.1. The van der Waals surface area contributed by atoms with Crippen LogP contribution in [0.25, 0.3) is 0 Å². The lowest BCUT2D eigenvalue weighted by molar-refractivity contribution is 0.498. The Hall–Kier alpha value is -1.16.